The van der Waals surface area contributed by atoms with Crippen molar-refractivity contribution in [1.29, 1.82) is 0 Å². The zero-order chi connectivity index (χ0) is 59.9. The molecule has 0 amide bonds. The van der Waals surface area contributed by atoms with Crippen molar-refractivity contribution in [2.75, 3.05) is 13.2 Å². The molecule has 0 N–H and O–H groups in total. The molecule has 0 aromatic heterocycles. The molecule has 488 valence electrons. The van der Waals surface area contributed by atoms with Crippen LogP contribution in [0.4, 0.5) is 0 Å². The summed E-state index contributed by atoms with van der Waals surface area (Å²) in [5.41, 5.74) is 0. The molecule has 6 heteroatoms. The molecule has 0 rings (SSSR count). The summed E-state index contributed by atoms with van der Waals surface area (Å²) >= 11 is 0. The van der Waals surface area contributed by atoms with Crippen molar-refractivity contribution < 1.29 is 28.6 Å². The first-order chi connectivity index (χ1) is 41.0. The summed E-state index contributed by atoms with van der Waals surface area (Å²) in [6, 6.07) is 0. The molecule has 1 unspecified atom stereocenters. The fourth-order valence-electron chi connectivity index (χ4n) is 11.5. The highest BCUT2D eigenvalue weighted by Gasteiger charge is 2.20. The molecule has 0 spiro atoms. The van der Waals surface area contributed by atoms with E-state index in [1.165, 1.54) is 308 Å². The third-order valence-corrected chi connectivity index (χ3v) is 17.1. The van der Waals surface area contributed by atoms with Gasteiger partial charge in [0.2, 0.25) is 0 Å². The molecule has 0 aliphatic rings. The fourth-order valence-corrected chi connectivity index (χ4v) is 11.5. The zero-order valence-electron chi connectivity index (χ0n) is 56.2. The van der Waals surface area contributed by atoms with Crippen LogP contribution in [0.15, 0.2) is 36.5 Å². The minimum atomic E-state index is -0.777. The van der Waals surface area contributed by atoms with Gasteiger partial charge in [0.25, 0.3) is 0 Å². The van der Waals surface area contributed by atoms with Crippen LogP contribution in [-0.4, -0.2) is 37.2 Å². The van der Waals surface area contributed by atoms with Gasteiger partial charge in [0, 0.05) is 19.3 Å². The smallest absolute Gasteiger partial charge is 0.306 e. The molecule has 1 atom stereocenters. The quantitative estimate of drug-likeness (QED) is 0.0261. The first kappa shape index (κ1) is 80.6. The maximum Gasteiger partial charge on any atom is 0.306 e. The Labute approximate surface area is 518 Å². The molecular weight excluding hydrogens is 1020 g/mol. The number of hydrogen-bond acceptors (Lipinski definition) is 6. The lowest BCUT2D eigenvalue weighted by Crippen LogP contribution is -2.30. The van der Waals surface area contributed by atoms with Crippen LogP contribution in [0.2, 0.25) is 0 Å². The zero-order valence-corrected chi connectivity index (χ0v) is 56.2. The number of hydrogen-bond donors (Lipinski definition) is 0. The Morgan fingerprint density at radius 3 is 0.687 bits per heavy atom. The van der Waals surface area contributed by atoms with Gasteiger partial charge < -0.3 is 14.2 Å². The van der Waals surface area contributed by atoms with Crippen LogP contribution in [0.1, 0.15) is 419 Å². The Hall–Kier alpha value is -2.37. The van der Waals surface area contributed by atoms with Gasteiger partial charge in [-0.05, 0) is 77.0 Å². The topological polar surface area (TPSA) is 78.9 Å². The molecule has 0 heterocycles. The van der Waals surface area contributed by atoms with E-state index in [4.69, 9.17) is 14.2 Å². The van der Waals surface area contributed by atoms with Crippen molar-refractivity contribution in [2.24, 2.45) is 0 Å². The van der Waals surface area contributed by atoms with Gasteiger partial charge in [-0.2, -0.15) is 0 Å². The second kappa shape index (κ2) is 72.1. The van der Waals surface area contributed by atoms with Crippen LogP contribution in [0.5, 0.6) is 0 Å². The van der Waals surface area contributed by atoms with Crippen molar-refractivity contribution >= 4 is 17.9 Å². The maximum absolute atomic E-state index is 13.0. The molecule has 0 aromatic rings. The number of unbranched alkanes of at least 4 members (excludes halogenated alkanes) is 53. The highest BCUT2D eigenvalue weighted by molar-refractivity contribution is 5.71. The number of ether oxygens (including phenoxy) is 3. The molecule has 0 aliphatic carbocycles. The van der Waals surface area contributed by atoms with E-state index in [1.807, 2.05) is 0 Å². The molecule has 0 aliphatic heterocycles. The van der Waals surface area contributed by atoms with E-state index in [0.29, 0.717) is 19.3 Å². The summed E-state index contributed by atoms with van der Waals surface area (Å²) in [4.78, 5) is 38.5. The molecule has 0 fully saturated rings. The molecular formula is C77H144O6. The monoisotopic (exact) mass is 1170 g/mol. The van der Waals surface area contributed by atoms with Crippen molar-refractivity contribution in [1.82, 2.24) is 0 Å². The van der Waals surface area contributed by atoms with E-state index in [1.54, 1.807) is 0 Å². The second-order valence-electron chi connectivity index (χ2n) is 25.6. The Kier molecular flexibility index (Phi) is 70.0. The van der Waals surface area contributed by atoms with Gasteiger partial charge >= 0.3 is 17.9 Å². The Morgan fingerprint density at radius 1 is 0.241 bits per heavy atom. The maximum atomic E-state index is 13.0. The standard InChI is InChI=1S/C77H144O6/c1-4-7-10-13-16-19-22-25-28-31-34-36-37-38-39-40-42-43-46-49-52-55-58-61-64-67-70-76(79)82-73-74(72-81-75(78)69-66-63-60-57-54-51-48-45-33-30-27-24-21-18-15-12-9-6-3)83-77(80)71-68-65-62-59-56-53-50-47-44-41-35-32-29-26-23-20-17-14-11-8-5-2/h21,24,30,32-33,35,74H,4-20,22-23,25-29,31,34,36-73H2,1-3H3/b24-21-,33-30-,35-32-. The average Bonchev–Trinajstić information content (AvgIpc) is 3.50. The minimum Gasteiger partial charge on any atom is -0.462 e. The molecule has 83 heavy (non-hydrogen) atoms. The molecule has 0 bridgehead atoms. The minimum absolute atomic E-state index is 0.0705. The largest absolute Gasteiger partial charge is 0.462 e. The van der Waals surface area contributed by atoms with Gasteiger partial charge in [0.15, 0.2) is 6.10 Å². The van der Waals surface area contributed by atoms with Crippen molar-refractivity contribution in [3.8, 4) is 0 Å². The van der Waals surface area contributed by atoms with Crippen LogP contribution in [0, 0.1) is 0 Å². The highest BCUT2D eigenvalue weighted by atomic mass is 16.6. The fraction of sp³-hybridized carbons (Fsp3) is 0.883. The lowest BCUT2D eigenvalue weighted by Gasteiger charge is -2.18. The van der Waals surface area contributed by atoms with Gasteiger partial charge in [0.1, 0.15) is 13.2 Å². The molecule has 0 radical (unpaired) electrons. The third-order valence-electron chi connectivity index (χ3n) is 17.1. The normalized spacial score (nSPS) is 12.2. The third kappa shape index (κ3) is 70.3. The predicted molar refractivity (Wildman–Crippen MR) is 362 cm³/mol. The van der Waals surface area contributed by atoms with Crippen LogP contribution < -0.4 is 0 Å². The average molecular weight is 1170 g/mol. The first-order valence-electron chi connectivity index (χ1n) is 37.5. The Bertz CT molecular complexity index is 1380. The first-order valence-corrected chi connectivity index (χ1v) is 37.5. The Balaban J connectivity index is 4.28. The molecule has 0 saturated carbocycles. The number of rotatable bonds is 70. The van der Waals surface area contributed by atoms with Gasteiger partial charge in [-0.15, -0.1) is 0 Å². The summed E-state index contributed by atoms with van der Waals surface area (Å²) in [6.45, 7) is 6.70. The SMILES string of the molecule is CCCCCC/C=C\C/C=C\CCCCCCCCCC(=O)OCC(COC(=O)CCCCCCCCCCCCCCCCCCCCCCCCCCCC)OC(=O)CCCCCCCCCCC/C=C\CCCCCCCCCC. The Morgan fingerprint density at radius 2 is 0.434 bits per heavy atom. The van der Waals surface area contributed by atoms with Gasteiger partial charge in [-0.3, -0.25) is 14.4 Å². The van der Waals surface area contributed by atoms with Gasteiger partial charge in [-0.1, -0.05) is 359 Å². The number of carbonyl (C=O) groups excluding carboxylic acids is 3. The van der Waals surface area contributed by atoms with Crippen LogP contribution in [0.3, 0.4) is 0 Å². The summed E-state index contributed by atoms with van der Waals surface area (Å²) in [5, 5.41) is 0. The predicted octanol–water partition coefficient (Wildman–Crippen LogP) is 25.9. The lowest BCUT2D eigenvalue weighted by molar-refractivity contribution is -0.167. The summed E-state index contributed by atoms with van der Waals surface area (Å²) in [7, 11) is 0. The van der Waals surface area contributed by atoms with Crippen LogP contribution in [0.25, 0.3) is 0 Å². The highest BCUT2D eigenvalue weighted by Crippen LogP contribution is 2.19. The molecule has 6 nitrogen and oxygen atoms in total. The van der Waals surface area contributed by atoms with E-state index in [2.05, 4.69) is 57.2 Å². The van der Waals surface area contributed by atoms with E-state index < -0.39 is 6.10 Å². The summed E-state index contributed by atoms with van der Waals surface area (Å²) in [5.74, 6) is -0.848. The van der Waals surface area contributed by atoms with Gasteiger partial charge in [-0.25, -0.2) is 0 Å². The van der Waals surface area contributed by atoms with E-state index in [9.17, 15) is 14.4 Å². The number of esters is 3. The van der Waals surface area contributed by atoms with Crippen molar-refractivity contribution in [3.05, 3.63) is 36.5 Å². The van der Waals surface area contributed by atoms with Gasteiger partial charge in [0.05, 0.1) is 0 Å². The van der Waals surface area contributed by atoms with Crippen molar-refractivity contribution in [3.63, 3.8) is 0 Å². The second-order valence-corrected chi connectivity index (χ2v) is 25.6. The van der Waals surface area contributed by atoms with Crippen molar-refractivity contribution in [2.45, 2.75) is 425 Å². The molecule has 0 saturated heterocycles. The summed E-state index contributed by atoms with van der Waals surface area (Å²) < 4.78 is 17.0. The lowest BCUT2D eigenvalue weighted by atomic mass is 10.0. The number of carbonyl (C=O) groups is 3. The van der Waals surface area contributed by atoms with Crippen LogP contribution >= 0.6 is 0 Å². The van der Waals surface area contributed by atoms with E-state index in [0.717, 1.165) is 70.6 Å². The molecule has 0 aromatic carbocycles. The van der Waals surface area contributed by atoms with Crippen LogP contribution in [-0.2, 0) is 28.6 Å². The van der Waals surface area contributed by atoms with E-state index in [-0.39, 0.29) is 31.1 Å². The van der Waals surface area contributed by atoms with E-state index >= 15 is 0 Å². The summed E-state index contributed by atoms with van der Waals surface area (Å²) in [6.07, 6.45) is 90.4. The number of allylic oxidation sites excluding steroid dienone is 6.